The number of hydrogen-bond donors (Lipinski definition) is 1. The molecule has 140 valence electrons. The Hall–Kier alpha value is -3.08. The summed E-state index contributed by atoms with van der Waals surface area (Å²) in [5.41, 5.74) is 4.17. The zero-order valence-electron chi connectivity index (χ0n) is 15.9. The number of ether oxygens (including phenoxy) is 1. The molecule has 1 heterocycles. The molecule has 3 aromatic rings. The van der Waals surface area contributed by atoms with Crippen molar-refractivity contribution >= 4 is 16.9 Å². The Kier molecular flexibility index (Phi) is 5.91. The Labute approximate surface area is 159 Å². The molecule has 27 heavy (non-hydrogen) atoms. The molecule has 0 spiro atoms. The van der Waals surface area contributed by atoms with Crippen LogP contribution in [0.15, 0.2) is 55.1 Å². The van der Waals surface area contributed by atoms with E-state index in [0.717, 1.165) is 33.7 Å². The van der Waals surface area contributed by atoms with Gasteiger partial charge in [0.2, 0.25) is 0 Å². The first-order valence-electron chi connectivity index (χ1n) is 9.10. The van der Waals surface area contributed by atoms with Gasteiger partial charge >= 0.3 is 0 Å². The van der Waals surface area contributed by atoms with E-state index in [1.807, 2.05) is 62.4 Å². The number of carbonyl (C=O) groups excluding carboxylic acids is 1. The highest BCUT2D eigenvalue weighted by atomic mass is 16.5. The smallest absolute Gasteiger partial charge is 0.257 e. The molecule has 1 amide bonds. The maximum Gasteiger partial charge on any atom is 0.257 e. The van der Waals surface area contributed by atoms with Gasteiger partial charge in [-0.05, 0) is 43.2 Å². The van der Waals surface area contributed by atoms with Crippen LogP contribution >= 0.6 is 0 Å². The number of imidazole rings is 1. The number of aromatic nitrogens is 2. The highest BCUT2D eigenvalue weighted by Crippen LogP contribution is 2.19. The van der Waals surface area contributed by atoms with Crippen LogP contribution < -0.4 is 10.1 Å². The number of nitrogens with one attached hydrogen (secondary N) is 1. The molecule has 3 rings (SSSR count). The summed E-state index contributed by atoms with van der Waals surface area (Å²) in [4.78, 5) is 16.8. The molecule has 0 saturated carbocycles. The van der Waals surface area contributed by atoms with Gasteiger partial charge in [0.15, 0.2) is 6.61 Å². The van der Waals surface area contributed by atoms with Crippen molar-refractivity contribution in [1.82, 2.24) is 14.9 Å². The second-order valence-corrected chi connectivity index (χ2v) is 6.57. The number of fused-ring (bicyclic) bond motifs is 1. The van der Waals surface area contributed by atoms with Gasteiger partial charge in [0.05, 0.1) is 11.0 Å². The second kappa shape index (κ2) is 8.54. The molecule has 1 N–H and O–H groups in total. The summed E-state index contributed by atoms with van der Waals surface area (Å²) in [6.45, 7) is 9.00. The topological polar surface area (TPSA) is 56.2 Å². The van der Waals surface area contributed by atoms with Crippen LogP contribution in [0, 0.1) is 13.8 Å². The Morgan fingerprint density at radius 1 is 1.26 bits per heavy atom. The van der Waals surface area contributed by atoms with Crippen molar-refractivity contribution in [3.05, 3.63) is 72.1 Å². The Morgan fingerprint density at radius 3 is 2.89 bits per heavy atom. The summed E-state index contributed by atoms with van der Waals surface area (Å²) in [7, 11) is 0. The van der Waals surface area contributed by atoms with Crippen LogP contribution in [0.3, 0.4) is 0 Å². The number of benzene rings is 2. The fourth-order valence-corrected chi connectivity index (χ4v) is 3.02. The molecule has 0 fully saturated rings. The fourth-order valence-electron chi connectivity index (χ4n) is 3.02. The third-order valence-electron chi connectivity index (χ3n) is 4.42. The van der Waals surface area contributed by atoms with Crippen LogP contribution in [-0.4, -0.2) is 28.6 Å². The predicted molar refractivity (Wildman–Crippen MR) is 108 cm³/mol. The minimum absolute atomic E-state index is 0.00731. The van der Waals surface area contributed by atoms with Gasteiger partial charge in [0.25, 0.3) is 5.91 Å². The first-order chi connectivity index (χ1) is 13.1. The Bertz CT molecular complexity index is 959. The molecular formula is C22H25N3O2. The molecule has 2 aromatic carbocycles. The lowest BCUT2D eigenvalue weighted by Gasteiger charge is -2.11. The average molecular weight is 363 g/mol. The molecule has 5 nitrogen and oxygen atoms in total. The first-order valence-corrected chi connectivity index (χ1v) is 9.10. The lowest BCUT2D eigenvalue weighted by atomic mass is 10.1. The first kappa shape index (κ1) is 18.7. The van der Waals surface area contributed by atoms with Crippen LogP contribution in [-0.2, 0) is 17.8 Å². The van der Waals surface area contributed by atoms with Crippen molar-refractivity contribution in [2.75, 3.05) is 13.2 Å². The average Bonchev–Trinajstić information content (AvgIpc) is 3.00. The van der Waals surface area contributed by atoms with Crippen molar-refractivity contribution < 1.29 is 9.53 Å². The van der Waals surface area contributed by atoms with E-state index in [9.17, 15) is 4.79 Å². The molecule has 0 atom stereocenters. The molecule has 0 unspecified atom stereocenters. The minimum Gasteiger partial charge on any atom is -0.483 e. The Morgan fingerprint density at radius 2 is 2.07 bits per heavy atom. The summed E-state index contributed by atoms with van der Waals surface area (Å²) in [5, 5.41) is 2.91. The van der Waals surface area contributed by atoms with Crippen molar-refractivity contribution in [3.63, 3.8) is 0 Å². The fraction of sp³-hybridized carbons (Fsp3) is 0.273. The van der Waals surface area contributed by atoms with E-state index in [1.54, 1.807) is 0 Å². The van der Waals surface area contributed by atoms with Gasteiger partial charge in [-0.15, -0.1) is 6.58 Å². The molecule has 0 aliphatic carbocycles. The molecule has 0 bridgehead atoms. The van der Waals surface area contributed by atoms with Gasteiger partial charge < -0.3 is 14.6 Å². The number of aryl methyl sites for hydroxylation is 2. The van der Waals surface area contributed by atoms with E-state index in [2.05, 4.69) is 21.4 Å². The third kappa shape index (κ3) is 4.56. The van der Waals surface area contributed by atoms with Crippen LogP contribution in [0.1, 0.15) is 17.0 Å². The van der Waals surface area contributed by atoms with Crippen molar-refractivity contribution in [2.24, 2.45) is 0 Å². The molecule has 0 aliphatic heterocycles. The second-order valence-electron chi connectivity index (χ2n) is 6.57. The monoisotopic (exact) mass is 363 g/mol. The molecular weight excluding hydrogens is 338 g/mol. The molecule has 1 aromatic heterocycles. The lowest BCUT2D eigenvalue weighted by Crippen LogP contribution is -2.31. The maximum absolute atomic E-state index is 12.1. The van der Waals surface area contributed by atoms with E-state index in [4.69, 9.17) is 4.74 Å². The maximum atomic E-state index is 12.1. The van der Waals surface area contributed by atoms with Gasteiger partial charge in [0, 0.05) is 19.5 Å². The van der Waals surface area contributed by atoms with Gasteiger partial charge in [-0.2, -0.15) is 0 Å². The minimum atomic E-state index is -0.137. The number of para-hydroxylation sites is 2. The van der Waals surface area contributed by atoms with E-state index in [1.165, 1.54) is 0 Å². The van der Waals surface area contributed by atoms with Gasteiger partial charge in [-0.25, -0.2) is 4.98 Å². The van der Waals surface area contributed by atoms with E-state index < -0.39 is 0 Å². The molecule has 0 radical (unpaired) electrons. The highest BCUT2D eigenvalue weighted by Gasteiger charge is 2.10. The van der Waals surface area contributed by atoms with Gasteiger partial charge in [0.1, 0.15) is 11.6 Å². The van der Waals surface area contributed by atoms with E-state index in [-0.39, 0.29) is 12.5 Å². The quantitative estimate of drug-likeness (QED) is 0.623. The summed E-state index contributed by atoms with van der Waals surface area (Å²) >= 11 is 0. The van der Waals surface area contributed by atoms with Crippen molar-refractivity contribution in [1.29, 1.82) is 0 Å². The molecule has 0 saturated heterocycles. The number of nitrogens with zero attached hydrogens (tertiary/aromatic N) is 2. The third-order valence-corrected chi connectivity index (χ3v) is 4.42. The largest absolute Gasteiger partial charge is 0.483 e. The van der Waals surface area contributed by atoms with Gasteiger partial charge in [-0.1, -0.05) is 30.3 Å². The summed E-state index contributed by atoms with van der Waals surface area (Å²) in [5.74, 6) is 1.55. The lowest BCUT2D eigenvalue weighted by molar-refractivity contribution is -0.123. The zero-order valence-corrected chi connectivity index (χ0v) is 15.9. The van der Waals surface area contributed by atoms with E-state index in [0.29, 0.717) is 19.5 Å². The molecule has 0 aliphatic rings. The number of amides is 1. The normalized spacial score (nSPS) is 10.7. The van der Waals surface area contributed by atoms with Crippen LogP contribution in [0.2, 0.25) is 0 Å². The predicted octanol–water partition coefficient (Wildman–Crippen LogP) is 3.58. The van der Waals surface area contributed by atoms with Gasteiger partial charge in [-0.3, -0.25) is 4.79 Å². The SMILES string of the molecule is C=CCn1c(CCNC(=O)COc2cc(C)ccc2C)nc2ccccc21. The Balaban J connectivity index is 1.55. The number of rotatable bonds is 8. The summed E-state index contributed by atoms with van der Waals surface area (Å²) in [6, 6.07) is 14.0. The highest BCUT2D eigenvalue weighted by molar-refractivity contribution is 5.78. The van der Waals surface area contributed by atoms with Crippen LogP contribution in [0.25, 0.3) is 11.0 Å². The standard InChI is InChI=1S/C22H25N3O2/c1-4-13-25-19-8-6-5-7-18(19)24-21(25)11-12-23-22(26)15-27-20-14-16(2)9-10-17(20)3/h4-10,14H,1,11-13,15H2,2-3H3,(H,23,26). The van der Waals surface area contributed by atoms with Crippen LogP contribution in [0.5, 0.6) is 5.75 Å². The van der Waals surface area contributed by atoms with Crippen molar-refractivity contribution in [3.8, 4) is 5.75 Å². The zero-order chi connectivity index (χ0) is 19.2. The van der Waals surface area contributed by atoms with Crippen molar-refractivity contribution in [2.45, 2.75) is 26.8 Å². The molecule has 5 heteroatoms. The summed E-state index contributed by atoms with van der Waals surface area (Å²) in [6.07, 6.45) is 2.51. The number of hydrogen-bond acceptors (Lipinski definition) is 3. The van der Waals surface area contributed by atoms with E-state index >= 15 is 0 Å². The number of carbonyl (C=O) groups is 1. The number of allylic oxidation sites excluding steroid dienone is 1. The summed E-state index contributed by atoms with van der Waals surface area (Å²) < 4.78 is 7.77. The van der Waals surface area contributed by atoms with Crippen LogP contribution in [0.4, 0.5) is 0 Å².